The first kappa shape index (κ1) is 9.71. The van der Waals surface area contributed by atoms with Crippen LogP contribution in [0.4, 0.5) is 0 Å². The third kappa shape index (κ3) is 1.69. The first-order valence-corrected chi connectivity index (χ1v) is 5.42. The van der Waals surface area contributed by atoms with Crippen molar-refractivity contribution in [3.8, 4) is 0 Å². The molecule has 0 aliphatic heterocycles. The third-order valence-electron chi connectivity index (χ3n) is 2.59. The molecule has 0 amide bonds. The van der Waals surface area contributed by atoms with E-state index in [0.29, 0.717) is 11.5 Å². The average molecular weight is 255 g/mol. The van der Waals surface area contributed by atoms with E-state index >= 15 is 0 Å². The van der Waals surface area contributed by atoms with Crippen LogP contribution in [-0.2, 0) is 0 Å². The summed E-state index contributed by atoms with van der Waals surface area (Å²) >= 11 is 3.48. The van der Waals surface area contributed by atoms with Gasteiger partial charge in [0.05, 0.1) is 5.56 Å². The van der Waals surface area contributed by atoms with Crippen LogP contribution in [0.15, 0.2) is 16.6 Å². The highest BCUT2D eigenvalue weighted by atomic mass is 79.9. The Labute approximate surface area is 91.1 Å². The topological polar surface area (TPSA) is 37.3 Å². The molecule has 74 valence electrons. The predicted molar refractivity (Wildman–Crippen MR) is 57.8 cm³/mol. The summed E-state index contributed by atoms with van der Waals surface area (Å²) in [5, 5.41) is 8.97. The van der Waals surface area contributed by atoms with Crippen molar-refractivity contribution in [2.24, 2.45) is 0 Å². The molecule has 1 aromatic rings. The van der Waals surface area contributed by atoms with Crippen molar-refractivity contribution in [3.63, 3.8) is 0 Å². The second-order valence-electron chi connectivity index (χ2n) is 3.77. The molecule has 3 heteroatoms. The lowest BCUT2D eigenvalue weighted by atomic mass is 10.0. The Kier molecular flexibility index (Phi) is 2.35. The summed E-state index contributed by atoms with van der Waals surface area (Å²) < 4.78 is 1.04. The molecule has 0 bridgehead atoms. The minimum Gasteiger partial charge on any atom is -0.478 e. The van der Waals surface area contributed by atoms with E-state index in [9.17, 15) is 4.79 Å². The Hall–Kier alpha value is -0.830. The first-order valence-electron chi connectivity index (χ1n) is 4.63. The molecule has 1 aromatic carbocycles. The molecule has 2 nitrogen and oxygen atoms in total. The van der Waals surface area contributed by atoms with Crippen LogP contribution < -0.4 is 0 Å². The Bertz CT molecular complexity index is 395. The number of carboxylic acid groups (broad SMARTS) is 1. The van der Waals surface area contributed by atoms with Crippen LogP contribution in [0.1, 0.15) is 40.2 Å². The fourth-order valence-corrected chi connectivity index (χ4v) is 2.41. The van der Waals surface area contributed by atoms with Crippen molar-refractivity contribution in [2.75, 3.05) is 0 Å². The summed E-state index contributed by atoms with van der Waals surface area (Å²) in [5.41, 5.74) is 2.39. The zero-order chi connectivity index (χ0) is 10.3. The number of carbonyl (C=O) groups is 1. The van der Waals surface area contributed by atoms with E-state index in [-0.39, 0.29) is 0 Å². The molecule has 0 atom stereocenters. The van der Waals surface area contributed by atoms with Crippen LogP contribution in [0.3, 0.4) is 0 Å². The van der Waals surface area contributed by atoms with Crippen LogP contribution in [-0.4, -0.2) is 11.1 Å². The monoisotopic (exact) mass is 254 g/mol. The van der Waals surface area contributed by atoms with E-state index in [2.05, 4.69) is 15.9 Å². The van der Waals surface area contributed by atoms with Gasteiger partial charge in [-0.1, -0.05) is 15.9 Å². The van der Waals surface area contributed by atoms with Crippen molar-refractivity contribution in [3.05, 3.63) is 33.3 Å². The van der Waals surface area contributed by atoms with Gasteiger partial charge in [0.15, 0.2) is 0 Å². The number of carboxylic acids is 1. The molecule has 1 saturated carbocycles. The lowest BCUT2D eigenvalue weighted by Gasteiger charge is -2.07. The lowest BCUT2D eigenvalue weighted by molar-refractivity contribution is 0.0696. The Morgan fingerprint density at radius 2 is 2.14 bits per heavy atom. The van der Waals surface area contributed by atoms with Gasteiger partial charge in [-0.05, 0) is 48.9 Å². The number of aryl methyl sites for hydroxylation is 1. The summed E-state index contributed by atoms with van der Waals surface area (Å²) in [6, 6.07) is 3.70. The van der Waals surface area contributed by atoms with Gasteiger partial charge in [0, 0.05) is 4.47 Å². The number of hydrogen-bond acceptors (Lipinski definition) is 1. The highest BCUT2D eigenvalue weighted by Gasteiger charge is 2.26. The fourth-order valence-electron chi connectivity index (χ4n) is 1.63. The predicted octanol–water partition coefficient (Wildman–Crippen LogP) is 3.33. The number of hydrogen-bond donors (Lipinski definition) is 1. The number of halogens is 1. The molecular weight excluding hydrogens is 244 g/mol. The zero-order valence-corrected chi connectivity index (χ0v) is 9.47. The molecular formula is C11H11BrO2. The maximum absolute atomic E-state index is 10.9. The minimum absolute atomic E-state index is 0.426. The normalized spacial score (nSPS) is 15.6. The van der Waals surface area contributed by atoms with Gasteiger partial charge in [-0.25, -0.2) is 4.79 Å². The summed E-state index contributed by atoms with van der Waals surface area (Å²) in [6.45, 7) is 1.82. The van der Waals surface area contributed by atoms with Gasteiger partial charge < -0.3 is 5.11 Å². The molecule has 2 rings (SSSR count). The van der Waals surface area contributed by atoms with Crippen molar-refractivity contribution < 1.29 is 9.90 Å². The molecule has 0 spiro atoms. The van der Waals surface area contributed by atoms with Crippen molar-refractivity contribution in [1.82, 2.24) is 0 Å². The maximum Gasteiger partial charge on any atom is 0.335 e. The molecule has 0 radical (unpaired) electrons. The molecule has 0 saturated heterocycles. The van der Waals surface area contributed by atoms with Gasteiger partial charge in [0.1, 0.15) is 0 Å². The average Bonchev–Trinajstić information content (AvgIpc) is 2.86. The highest BCUT2D eigenvalue weighted by molar-refractivity contribution is 9.10. The molecule has 1 fully saturated rings. The Morgan fingerprint density at radius 3 is 2.64 bits per heavy atom. The van der Waals surface area contributed by atoms with E-state index in [1.165, 1.54) is 12.8 Å². The maximum atomic E-state index is 10.9. The Balaban J connectivity index is 2.51. The van der Waals surface area contributed by atoms with Crippen LogP contribution in [0, 0.1) is 6.92 Å². The SMILES string of the molecule is Cc1cc(Br)c(C2CC2)cc1C(=O)O. The van der Waals surface area contributed by atoms with Crippen molar-refractivity contribution in [2.45, 2.75) is 25.7 Å². The Morgan fingerprint density at radius 1 is 1.50 bits per heavy atom. The minimum atomic E-state index is -0.836. The van der Waals surface area contributed by atoms with Gasteiger partial charge in [-0.2, -0.15) is 0 Å². The number of benzene rings is 1. The first-order chi connectivity index (χ1) is 6.59. The summed E-state index contributed by atoms with van der Waals surface area (Å²) in [6.07, 6.45) is 2.36. The highest BCUT2D eigenvalue weighted by Crippen LogP contribution is 2.44. The van der Waals surface area contributed by atoms with Gasteiger partial charge in [0.25, 0.3) is 0 Å². The van der Waals surface area contributed by atoms with E-state index in [1.54, 1.807) is 6.07 Å². The van der Waals surface area contributed by atoms with E-state index in [0.717, 1.165) is 15.6 Å². The van der Waals surface area contributed by atoms with Crippen molar-refractivity contribution in [1.29, 1.82) is 0 Å². The zero-order valence-electron chi connectivity index (χ0n) is 7.88. The van der Waals surface area contributed by atoms with Crippen LogP contribution in [0.25, 0.3) is 0 Å². The molecule has 1 aliphatic rings. The van der Waals surface area contributed by atoms with Gasteiger partial charge in [-0.3, -0.25) is 0 Å². The standard InChI is InChI=1S/C11H11BrO2/c1-6-4-10(12)9(7-2-3-7)5-8(6)11(13)14/h4-5,7H,2-3H2,1H3,(H,13,14). The smallest absolute Gasteiger partial charge is 0.335 e. The van der Waals surface area contributed by atoms with Gasteiger partial charge in [0.2, 0.25) is 0 Å². The molecule has 1 N–H and O–H groups in total. The summed E-state index contributed by atoms with van der Waals surface area (Å²) in [7, 11) is 0. The quantitative estimate of drug-likeness (QED) is 0.879. The van der Waals surface area contributed by atoms with Crippen LogP contribution in [0.5, 0.6) is 0 Å². The number of aromatic carboxylic acids is 1. The van der Waals surface area contributed by atoms with Gasteiger partial charge in [-0.15, -0.1) is 0 Å². The second-order valence-corrected chi connectivity index (χ2v) is 4.62. The van der Waals surface area contributed by atoms with Crippen LogP contribution >= 0.6 is 15.9 Å². The van der Waals surface area contributed by atoms with Crippen LogP contribution in [0.2, 0.25) is 0 Å². The molecule has 0 heterocycles. The lowest BCUT2D eigenvalue weighted by Crippen LogP contribution is -2.01. The summed E-state index contributed by atoms with van der Waals surface area (Å²) in [5.74, 6) is -0.264. The summed E-state index contributed by atoms with van der Waals surface area (Å²) in [4.78, 5) is 10.9. The largest absolute Gasteiger partial charge is 0.478 e. The van der Waals surface area contributed by atoms with E-state index < -0.39 is 5.97 Å². The van der Waals surface area contributed by atoms with Gasteiger partial charge >= 0.3 is 5.97 Å². The van der Waals surface area contributed by atoms with E-state index in [1.807, 2.05) is 13.0 Å². The molecule has 0 aromatic heterocycles. The van der Waals surface area contributed by atoms with E-state index in [4.69, 9.17) is 5.11 Å². The fraction of sp³-hybridized carbons (Fsp3) is 0.364. The molecule has 1 aliphatic carbocycles. The molecule has 14 heavy (non-hydrogen) atoms. The van der Waals surface area contributed by atoms with Crippen molar-refractivity contribution >= 4 is 21.9 Å². The number of rotatable bonds is 2. The third-order valence-corrected chi connectivity index (χ3v) is 3.28. The molecule has 0 unspecified atom stereocenters. The second kappa shape index (κ2) is 3.39.